The number of benzene rings is 1. The molecule has 6 nitrogen and oxygen atoms in total. The Bertz CT molecular complexity index is 626. The molecule has 128 valence electrons. The topological polar surface area (TPSA) is 62.3 Å². The highest BCUT2D eigenvalue weighted by Crippen LogP contribution is 2.17. The normalized spacial score (nSPS) is 15.2. The minimum atomic E-state index is 0.795. The predicted molar refractivity (Wildman–Crippen MR) is 96.9 cm³/mol. The zero-order chi connectivity index (χ0) is 16.6. The second-order valence-corrected chi connectivity index (χ2v) is 5.84. The Labute approximate surface area is 143 Å². The van der Waals surface area contributed by atoms with E-state index in [2.05, 4.69) is 56.7 Å². The Morgan fingerprint density at radius 1 is 1.08 bits per heavy atom. The molecule has 2 N–H and O–H groups in total. The van der Waals surface area contributed by atoms with Crippen molar-refractivity contribution in [2.45, 2.75) is 13.3 Å². The van der Waals surface area contributed by atoms with Crippen LogP contribution in [0.5, 0.6) is 0 Å². The Kier molecular flexibility index (Phi) is 5.98. The van der Waals surface area contributed by atoms with Crippen molar-refractivity contribution < 1.29 is 4.74 Å². The molecule has 0 radical (unpaired) electrons. The molecule has 0 unspecified atom stereocenters. The van der Waals surface area contributed by atoms with Gasteiger partial charge in [-0.25, -0.2) is 9.97 Å². The van der Waals surface area contributed by atoms with E-state index in [0.29, 0.717) is 0 Å². The largest absolute Gasteiger partial charge is 0.379 e. The highest BCUT2D eigenvalue weighted by atomic mass is 16.5. The molecular formula is C18H25N5O. The van der Waals surface area contributed by atoms with Gasteiger partial charge in [0.2, 0.25) is 0 Å². The van der Waals surface area contributed by atoms with E-state index >= 15 is 0 Å². The molecule has 1 fully saturated rings. The molecule has 2 heterocycles. The van der Waals surface area contributed by atoms with Crippen LogP contribution in [0.3, 0.4) is 0 Å². The molecule has 1 aliphatic heterocycles. The molecule has 1 saturated heterocycles. The van der Waals surface area contributed by atoms with Crippen LogP contribution in [-0.2, 0) is 11.2 Å². The monoisotopic (exact) mass is 327 g/mol. The van der Waals surface area contributed by atoms with E-state index in [0.717, 1.165) is 63.1 Å². The summed E-state index contributed by atoms with van der Waals surface area (Å²) in [6.45, 7) is 7.69. The zero-order valence-corrected chi connectivity index (χ0v) is 14.2. The fourth-order valence-electron chi connectivity index (χ4n) is 2.66. The van der Waals surface area contributed by atoms with Crippen molar-refractivity contribution in [2.24, 2.45) is 0 Å². The van der Waals surface area contributed by atoms with Crippen LogP contribution >= 0.6 is 0 Å². The SMILES string of the molecule is CCc1ccc(Nc2cc(NCCN3CCOCC3)ncn2)cc1. The van der Waals surface area contributed by atoms with E-state index in [1.54, 1.807) is 6.33 Å². The number of nitrogens with zero attached hydrogens (tertiary/aromatic N) is 3. The fraction of sp³-hybridized carbons (Fsp3) is 0.444. The molecule has 0 bridgehead atoms. The first kappa shape index (κ1) is 16.7. The summed E-state index contributed by atoms with van der Waals surface area (Å²) in [5.41, 5.74) is 2.36. The van der Waals surface area contributed by atoms with Crippen LogP contribution in [-0.4, -0.2) is 54.3 Å². The van der Waals surface area contributed by atoms with Crippen molar-refractivity contribution in [1.29, 1.82) is 0 Å². The highest BCUT2D eigenvalue weighted by molar-refractivity contribution is 5.59. The van der Waals surface area contributed by atoms with Crippen molar-refractivity contribution in [3.8, 4) is 0 Å². The number of hydrogen-bond donors (Lipinski definition) is 2. The molecular weight excluding hydrogens is 302 g/mol. The number of aryl methyl sites for hydroxylation is 1. The van der Waals surface area contributed by atoms with Gasteiger partial charge in [0.15, 0.2) is 0 Å². The van der Waals surface area contributed by atoms with Gasteiger partial charge in [0.25, 0.3) is 0 Å². The van der Waals surface area contributed by atoms with Gasteiger partial charge in [0.05, 0.1) is 13.2 Å². The van der Waals surface area contributed by atoms with Crippen LogP contribution in [0.25, 0.3) is 0 Å². The number of morpholine rings is 1. The summed E-state index contributed by atoms with van der Waals surface area (Å²) < 4.78 is 5.36. The average molecular weight is 327 g/mol. The van der Waals surface area contributed by atoms with E-state index in [1.165, 1.54) is 5.56 Å². The lowest BCUT2D eigenvalue weighted by Gasteiger charge is -2.26. The molecule has 24 heavy (non-hydrogen) atoms. The Morgan fingerprint density at radius 3 is 2.58 bits per heavy atom. The average Bonchev–Trinajstić information content (AvgIpc) is 2.64. The third-order valence-electron chi connectivity index (χ3n) is 4.14. The van der Waals surface area contributed by atoms with Crippen LogP contribution in [0, 0.1) is 0 Å². The van der Waals surface area contributed by atoms with Crippen molar-refractivity contribution in [3.05, 3.63) is 42.2 Å². The van der Waals surface area contributed by atoms with Crippen molar-refractivity contribution in [1.82, 2.24) is 14.9 Å². The summed E-state index contributed by atoms with van der Waals surface area (Å²) in [6.07, 6.45) is 2.63. The van der Waals surface area contributed by atoms with Gasteiger partial charge in [0, 0.05) is 37.9 Å². The lowest BCUT2D eigenvalue weighted by atomic mass is 10.1. The summed E-state index contributed by atoms with van der Waals surface area (Å²) in [6, 6.07) is 10.3. The van der Waals surface area contributed by atoms with E-state index in [9.17, 15) is 0 Å². The highest BCUT2D eigenvalue weighted by Gasteiger charge is 2.09. The molecule has 2 aromatic rings. The third-order valence-corrected chi connectivity index (χ3v) is 4.14. The minimum absolute atomic E-state index is 0.795. The lowest BCUT2D eigenvalue weighted by Crippen LogP contribution is -2.39. The third kappa shape index (κ3) is 4.91. The standard InChI is InChI=1S/C18H25N5O/c1-2-15-3-5-16(6-4-15)22-18-13-17(20-14-21-18)19-7-8-23-9-11-24-12-10-23/h3-6,13-14H,2,7-12H2,1H3,(H2,19,20,21,22). The Morgan fingerprint density at radius 2 is 1.83 bits per heavy atom. The Balaban J connectivity index is 1.51. The van der Waals surface area contributed by atoms with Crippen LogP contribution in [0.2, 0.25) is 0 Å². The summed E-state index contributed by atoms with van der Waals surface area (Å²) >= 11 is 0. The van der Waals surface area contributed by atoms with E-state index in [4.69, 9.17) is 4.74 Å². The summed E-state index contributed by atoms with van der Waals surface area (Å²) in [5, 5.41) is 6.68. The summed E-state index contributed by atoms with van der Waals surface area (Å²) in [5.74, 6) is 1.63. The van der Waals surface area contributed by atoms with Gasteiger partial charge in [-0.2, -0.15) is 0 Å². The van der Waals surface area contributed by atoms with Gasteiger partial charge >= 0.3 is 0 Å². The van der Waals surface area contributed by atoms with Crippen LogP contribution in [0.4, 0.5) is 17.3 Å². The van der Waals surface area contributed by atoms with Crippen molar-refractivity contribution in [3.63, 3.8) is 0 Å². The lowest BCUT2D eigenvalue weighted by molar-refractivity contribution is 0.0398. The van der Waals surface area contributed by atoms with Crippen molar-refractivity contribution >= 4 is 17.3 Å². The molecule has 0 amide bonds. The number of ether oxygens (including phenoxy) is 1. The zero-order valence-electron chi connectivity index (χ0n) is 14.2. The first-order valence-electron chi connectivity index (χ1n) is 8.55. The number of aromatic nitrogens is 2. The molecule has 3 rings (SSSR count). The van der Waals surface area contributed by atoms with Crippen molar-refractivity contribution in [2.75, 3.05) is 50.0 Å². The molecule has 1 aromatic carbocycles. The first-order valence-corrected chi connectivity index (χ1v) is 8.55. The molecule has 1 aromatic heterocycles. The van der Waals surface area contributed by atoms with Gasteiger partial charge in [-0.15, -0.1) is 0 Å². The predicted octanol–water partition coefficient (Wildman–Crippen LogP) is 2.53. The maximum absolute atomic E-state index is 5.36. The van der Waals surface area contributed by atoms with Gasteiger partial charge < -0.3 is 15.4 Å². The smallest absolute Gasteiger partial charge is 0.135 e. The quantitative estimate of drug-likeness (QED) is 0.815. The maximum Gasteiger partial charge on any atom is 0.135 e. The molecule has 0 atom stereocenters. The van der Waals surface area contributed by atoms with Gasteiger partial charge in [-0.1, -0.05) is 19.1 Å². The van der Waals surface area contributed by atoms with E-state index in [-0.39, 0.29) is 0 Å². The second-order valence-electron chi connectivity index (χ2n) is 5.84. The minimum Gasteiger partial charge on any atom is -0.379 e. The fourth-order valence-corrected chi connectivity index (χ4v) is 2.66. The van der Waals surface area contributed by atoms with Gasteiger partial charge in [-0.05, 0) is 24.1 Å². The number of rotatable bonds is 7. The van der Waals surface area contributed by atoms with Crippen LogP contribution in [0.15, 0.2) is 36.7 Å². The van der Waals surface area contributed by atoms with E-state index in [1.807, 2.05) is 6.07 Å². The molecule has 0 aliphatic carbocycles. The molecule has 1 aliphatic rings. The van der Waals surface area contributed by atoms with E-state index < -0.39 is 0 Å². The molecule has 6 heteroatoms. The Hall–Kier alpha value is -2.18. The summed E-state index contributed by atoms with van der Waals surface area (Å²) in [4.78, 5) is 11.0. The number of nitrogens with one attached hydrogen (secondary N) is 2. The van der Waals surface area contributed by atoms with Crippen LogP contribution in [0.1, 0.15) is 12.5 Å². The van der Waals surface area contributed by atoms with Gasteiger partial charge in [-0.3, -0.25) is 4.90 Å². The summed E-state index contributed by atoms with van der Waals surface area (Å²) in [7, 11) is 0. The molecule has 0 spiro atoms. The number of hydrogen-bond acceptors (Lipinski definition) is 6. The maximum atomic E-state index is 5.36. The second kappa shape index (κ2) is 8.61. The first-order chi connectivity index (χ1) is 11.8. The van der Waals surface area contributed by atoms with Gasteiger partial charge in [0.1, 0.15) is 18.0 Å². The number of anilines is 3. The molecule has 0 saturated carbocycles. The van der Waals surface area contributed by atoms with Crippen LogP contribution < -0.4 is 10.6 Å².